The average Bonchev–Trinajstić information content (AvgIpc) is 3.36. The first-order chi connectivity index (χ1) is 16.1. The molecule has 0 saturated carbocycles. The number of allylic oxidation sites excluding steroid dienone is 2. The van der Waals surface area contributed by atoms with E-state index in [-0.39, 0.29) is 11.8 Å². The summed E-state index contributed by atoms with van der Waals surface area (Å²) in [5.74, 6) is 1.04. The van der Waals surface area contributed by atoms with E-state index in [1.807, 2.05) is 18.2 Å². The SMILES string of the molecule is O=C(NCCN1CCCC2C=CC=CC21)c1cc2c(cn1)CC1(C2)C(=O)Nc2ncccc21. The molecule has 2 aromatic rings. The fourth-order valence-electron chi connectivity index (χ4n) is 5.92. The topological polar surface area (TPSA) is 87.2 Å². The highest BCUT2D eigenvalue weighted by Gasteiger charge is 2.51. The summed E-state index contributed by atoms with van der Waals surface area (Å²) >= 11 is 0. The highest BCUT2D eigenvalue weighted by Crippen LogP contribution is 2.46. The van der Waals surface area contributed by atoms with Gasteiger partial charge in [-0.1, -0.05) is 30.4 Å². The summed E-state index contributed by atoms with van der Waals surface area (Å²) in [7, 11) is 0. The summed E-state index contributed by atoms with van der Waals surface area (Å²) < 4.78 is 0. The van der Waals surface area contributed by atoms with Gasteiger partial charge in [-0.25, -0.2) is 4.98 Å². The monoisotopic (exact) mass is 441 g/mol. The van der Waals surface area contributed by atoms with Gasteiger partial charge in [0.05, 0.1) is 5.41 Å². The van der Waals surface area contributed by atoms with Crippen molar-refractivity contribution < 1.29 is 9.59 Å². The minimum absolute atomic E-state index is 0.0233. The number of nitrogens with zero attached hydrogens (tertiary/aromatic N) is 3. The molecule has 2 amide bonds. The van der Waals surface area contributed by atoms with Gasteiger partial charge in [0.25, 0.3) is 5.91 Å². The van der Waals surface area contributed by atoms with Gasteiger partial charge < -0.3 is 10.6 Å². The second-order valence-electron chi connectivity index (χ2n) is 9.49. The van der Waals surface area contributed by atoms with Crippen LogP contribution in [-0.2, 0) is 23.1 Å². The van der Waals surface area contributed by atoms with Crippen LogP contribution in [0.25, 0.3) is 0 Å². The van der Waals surface area contributed by atoms with E-state index in [4.69, 9.17) is 0 Å². The highest BCUT2D eigenvalue weighted by atomic mass is 16.2. The van der Waals surface area contributed by atoms with Gasteiger partial charge in [-0.15, -0.1) is 0 Å². The molecule has 2 N–H and O–H groups in total. The summed E-state index contributed by atoms with van der Waals surface area (Å²) in [6, 6.07) is 6.12. The predicted molar refractivity (Wildman–Crippen MR) is 125 cm³/mol. The van der Waals surface area contributed by atoms with Crippen molar-refractivity contribution in [1.82, 2.24) is 20.2 Å². The predicted octanol–water partition coefficient (Wildman–Crippen LogP) is 2.40. The number of rotatable bonds is 4. The quantitative estimate of drug-likeness (QED) is 0.761. The number of pyridine rings is 2. The normalized spacial score (nSPS) is 27.2. The first kappa shape index (κ1) is 20.3. The van der Waals surface area contributed by atoms with Crippen LogP contribution in [0.4, 0.5) is 5.82 Å². The van der Waals surface area contributed by atoms with E-state index < -0.39 is 5.41 Å². The number of hydrogen-bond donors (Lipinski definition) is 2. The van der Waals surface area contributed by atoms with Crippen LogP contribution in [0, 0.1) is 5.92 Å². The van der Waals surface area contributed by atoms with Gasteiger partial charge in [-0.2, -0.15) is 0 Å². The molecule has 3 atom stereocenters. The minimum atomic E-state index is -0.643. The fourth-order valence-corrected chi connectivity index (χ4v) is 5.92. The molecular formula is C26H27N5O2. The van der Waals surface area contributed by atoms with Gasteiger partial charge in [-0.05, 0) is 61.4 Å². The van der Waals surface area contributed by atoms with E-state index in [2.05, 4.69) is 49.8 Å². The standard InChI is InChI=1S/C26H27N5O2/c32-24(28-10-12-31-11-4-6-17-5-1-2-8-22(17)31)21-13-18-14-26(15-19(18)16-29-21)20-7-3-9-27-23(20)30-25(26)33/h1-3,5,7-9,13,16-17,22H,4,6,10-12,14-15H2,(H,28,32)(H,27,30,33). The number of fused-ring (bicyclic) bond motifs is 4. The van der Waals surface area contributed by atoms with Crippen LogP contribution in [0.1, 0.15) is 40.0 Å². The van der Waals surface area contributed by atoms with Crippen LogP contribution >= 0.6 is 0 Å². The zero-order valence-corrected chi connectivity index (χ0v) is 18.5. The summed E-state index contributed by atoms with van der Waals surface area (Å²) in [4.78, 5) is 36.9. The number of aromatic nitrogens is 2. The van der Waals surface area contributed by atoms with E-state index in [0.29, 0.717) is 42.9 Å². The highest BCUT2D eigenvalue weighted by molar-refractivity contribution is 6.06. The van der Waals surface area contributed by atoms with Crippen molar-refractivity contribution in [2.75, 3.05) is 25.0 Å². The Kier molecular flexibility index (Phi) is 4.87. The zero-order valence-electron chi connectivity index (χ0n) is 18.5. The Bertz CT molecular complexity index is 1190. The van der Waals surface area contributed by atoms with Crippen molar-refractivity contribution >= 4 is 17.6 Å². The number of carbonyl (C=O) groups is 2. The van der Waals surface area contributed by atoms with Crippen LogP contribution < -0.4 is 10.6 Å². The van der Waals surface area contributed by atoms with Gasteiger partial charge in [0, 0.05) is 37.1 Å². The number of hydrogen-bond acceptors (Lipinski definition) is 5. The van der Waals surface area contributed by atoms with E-state index in [1.165, 1.54) is 12.8 Å². The molecule has 2 aliphatic carbocycles. The molecule has 1 saturated heterocycles. The van der Waals surface area contributed by atoms with Crippen LogP contribution in [0.5, 0.6) is 0 Å². The molecule has 2 aromatic heterocycles. The molecule has 3 unspecified atom stereocenters. The number of amides is 2. The summed E-state index contributed by atoms with van der Waals surface area (Å²) in [5.41, 5.74) is 2.74. The van der Waals surface area contributed by atoms with Crippen molar-refractivity contribution in [3.05, 3.63) is 77.3 Å². The van der Waals surface area contributed by atoms with Crippen molar-refractivity contribution in [3.63, 3.8) is 0 Å². The van der Waals surface area contributed by atoms with Crippen LogP contribution in [0.3, 0.4) is 0 Å². The van der Waals surface area contributed by atoms with Crippen molar-refractivity contribution in [2.45, 2.75) is 37.1 Å². The molecule has 6 rings (SSSR count). The Morgan fingerprint density at radius 2 is 2.09 bits per heavy atom. The number of likely N-dealkylation sites (tertiary alicyclic amines) is 1. The van der Waals surface area contributed by atoms with Crippen LogP contribution in [0.15, 0.2) is 54.9 Å². The lowest BCUT2D eigenvalue weighted by atomic mass is 9.79. The number of nitrogens with one attached hydrogen (secondary N) is 2. The average molecular weight is 442 g/mol. The van der Waals surface area contributed by atoms with Gasteiger partial charge in [0.15, 0.2) is 0 Å². The maximum Gasteiger partial charge on any atom is 0.269 e. The van der Waals surface area contributed by atoms with Crippen molar-refractivity contribution in [1.29, 1.82) is 0 Å². The Labute approximate surface area is 193 Å². The first-order valence-electron chi connectivity index (χ1n) is 11.8. The third-order valence-electron chi connectivity index (χ3n) is 7.60. The van der Waals surface area contributed by atoms with Crippen molar-refractivity contribution in [2.24, 2.45) is 5.92 Å². The summed E-state index contributed by atoms with van der Waals surface area (Å²) in [6.07, 6.45) is 15.9. The molecule has 0 aromatic carbocycles. The second kappa shape index (κ2) is 7.92. The van der Waals surface area contributed by atoms with Crippen LogP contribution in [-0.4, -0.2) is 52.4 Å². The summed E-state index contributed by atoms with van der Waals surface area (Å²) in [6.45, 7) is 2.47. The second-order valence-corrected chi connectivity index (χ2v) is 9.49. The maximum absolute atomic E-state index is 12.9. The molecule has 1 spiro atoms. The Morgan fingerprint density at radius 1 is 1.21 bits per heavy atom. The third kappa shape index (κ3) is 3.38. The molecule has 7 nitrogen and oxygen atoms in total. The van der Waals surface area contributed by atoms with Gasteiger partial charge >= 0.3 is 0 Å². The molecule has 4 aliphatic rings. The Hall–Kier alpha value is -3.32. The lowest BCUT2D eigenvalue weighted by Crippen LogP contribution is -2.47. The first-order valence-corrected chi connectivity index (χ1v) is 11.8. The molecule has 168 valence electrons. The lowest BCUT2D eigenvalue weighted by molar-refractivity contribution is -0.120. The zero-order chi connectivity index (χ0) is 22.4. The largest absolute Gasteiger partial charge is 0.349 e. The number of carbonyl (C=O) groups excluding carboxylic acids is 2. The van der Waals surface area contributed by atoms with Crippen LogP contribution in [0.2, 0.25) is 0 Å². The number of piperidine rings is 1. The fraction of sp³-hybridized carbons (Fsp3) is 0.385. The van der Waals surface area contributed by atoms with E-state index >= 15 is 0 Å². The molecule has 2 aliphatic heterocycles. The smallest absolute Gasteiger partial charge is 0.269 e. The van der Waals surface area contributed by atoms with Gasteiger partial charge in [0.1, 0.15) is 11.5 Å². The molecule has 1 fully saturated rings. The molecule has 4 heterocycles. The van der Waals surface area contributed by atoms with E-state index in [1.54, 1.807) is 12.4 Å². The Morgan fingerprint density at radius 3 is 3.03 bits per heavy atom. The Balaban J connectivity index is 1.12. The molecule has 7 heteroatoms. The molecule has 0 bridgehead atoms. The molecule has 33 heavy (non-hydrogen) atoms. The van der Waals surface area contributed by atoms with Gasteiger partial charge in [-0.3, -0.25) is 19.5 Å². The minimum Gasteiger partial charge on any atom is -0.349 e. The van der Waals surface area contributed by atoms with E-state index in [0.717, 1.165) is 29.8 Å². The van der Waals surface area contributed by atoms with E-state index in [9.17, 15) is 9.59 Å². The summed E-state index contributed by atoms with van der Waals surface area (Å²) in [5, 5.41) is 5.96. The molecule has 0 radical (unpaired) electrons. The third-order valence-corrected chi connectivity index (χ3v) is 7.60. The van der Waals surface area contributed by atoms with Gasteiger partial charge in [0.2, 0.25) is 5.91 Å². The number of anilines is 1. The van der Waals surface area contributed by atoms with Crippen molar-refractivity contribution in [3.8, 4) is 0 Å². The maximum atomic E-state index is 12.9. The molecular weight excluding hydrogens is 414 g/mol. The lowest BCUT2D eigenvalue weighted by Gasteiger charge is -2.39.